The normalized spacial score (nSPS) is 13.5. The Labute approximate surface area is 126 Å². The summed E-state index contributed by atoms with van der Waals surface area (Å²) in [6, 6.07) is 17.6. The third-order valence-corrected chi connectivity index (χ3v) is 3.55. The summed E-state index contributed by atoms with van der Waals surface area (Å²) in [4.78, 5) is 12.1. The van der Waals surface area contributed by atoms with E-state index < -0.39 is 0 Å². The van der Waals surface area contributed by atoms with Gasteiger partial charge >= 0.3 is 0 Å². The van der Waals surface area contributed by atoms with Gasteiger partial charge in [0.05, 0.1) is 6.04 Å². The lowest BCUT2D eigenvalue weighted by atomic mass is 10.0. The van der Waals surface area contributed by atoms with Gasteiger partial charge in [0.25, 0.3) is 0 Å². The van der Waals surface area contributed by atoms with Crippen LogP contribution in [0.5, 0.6) is 0 Å². The molecule has 0 fully saturated rings. The van der Waals surface area contributed by atoms with E-state index in [0.29, 0.717) is 6.42 Å². The maximum Gasteiger partial charge on any atom is 0.222 e. The molecule has 3 heteroatoms. The Hall–Kier alpha value is -2.13. The lowest BCUT2D eigenvalue weighted by molar-refractivity contribution is -0.122. The van der Waals surface area contributed by atoms with E-state index in [0.717, 1.165) is 11.1 Å². The molecule has 0 aromatic heterocycles. The third-order valence-electron chi connectivity index (χ3n) is 3.55. The van der Waals surface area contributed by atoms with E-state index in [9.17, 15) is 4.79 Å². The topological polar surface area (TPSA) is 55.1 Å². The van der Waals surface area contributed by atoms with Gasteiger partial charge in [-0.05, 0) is 25.0 Å². The van der Waals surface area contributed by atoms with Crippen LogP contribution in [-0.4, -0.2) is 5.91 Å². The molecule has 0 heterocycles. The van der Waals surface area contributed by atoms with Crippen LogP contribution in [0.15, 0.2) is 54.6 Å². The zero-order chi connectivity index (χ0) is 15.2. The number of carbonyl (C=O) groups is 1. The van der Waals surface area contributed by atoms with E-state index in [2.05, 4.69) is 11.4 Å². The Morgan fingerprint density at radius 3 is 2.43 bits per heavy atom. The minimum absolute atomic E-state index is 0.0135. The summed E-state index contributed by atoms with van der Waals surface area (Å²) < 4.78 is 0. The molecule has 0 saturated carbocycles. The smallest absolute Gasteiger partial charge is 0.222 e. The summed E-state index contributed by atoms with van der Waals surface area (Å²) in [5, 5.41) is 3.01. The Balaban J connectivity index is 1.92. The summed E-state index contributed by atoms with van der Waals surface area (Å²) >= 11 is 0. The molecule has 2 atom stereocenters. The molecule has 1 amide bonds. The lowest BCUT2D eigenvalue weighted by Gasteiger charge is -2.17. The first-order valence-electron chi connectivity index (χ1n) is 7.22. The summed E-state index contributed by atoms with van der Waals surface area (Å²) in [5.74, 6) is -0.0274. The van der Waals surface area contributed by atoms with Crippen LogP contribution in [0.3, 0.4) is 0 Å². The second-order valence-corrected chi connectivity index (χ2v) is 5.42. The fraction of sp³-hybridized carbons (Fsp3) is 0.278. The summed E-state index contributed by atoms with van der Waals surface area (Å²) in [7, 11) is 0. The Morgan fingerprint density at radius 2 is 1.76 bits per heavy atom. The van der Waals surface area contributed by atoms with Crippen LogP contribution in [0.4, 0.5) is 0 Å². The van der Waals surface area contributed by atoms with Gasteiger partial charge in [0.1, 0.15) is 0 Å². The zero-order valence-electron chi connectivity index (χ0n) is 12.5. The molecule has 1 unspecified atom stereocenters. The Bertz CT molecular complexity index is 595. The van der Waals surface area contributed by atoms with Crippen molar-refractivity contribution in [3.63, 3.8) is 0 Å². The van der Waals surface area contributed by atoms with Crippen molar-refractivity contribution in [2.75, 3.05) is 0 Å². The standard InChI is InChI=1S/C18H22N2O/c1-13-7-6-10-16(11-13)14(2)20-18(21)12-17(19)15-8-4-3-5-9-15/h3-11,14,17H,12,19H2,1-2H3,(H,20,21)/t14-,17?/m0/s1. The van der Waals surface area contributed by atoms with Crippen molar-refractivity contribution in [2.45, 2.75) is 32.4 Å². The van der Waals surface area contributed by atoms with E-state index in [1.54, 1.807) is 0 Å². The molecule has 110 valence electrons. The second-order valence-electron chi connectivity index (χ2n) is 5.42. The highest BCUT2D eigenvalue weighted by molar-refractivity contribution is 5.77. The number of hydrogen-bond acceptors (Lipinski definition) is 2. The average molecular weight is 282 g/mol. The monoisotopic (exact) mass is 282 g/mol. The van der Waals surface area contributed by atoms with Crippen molar-refractivity contribution in [1.29, 1.82) is 0 Å². The maximum absolute atomic E-state index is 12.1. The molecule has 2 aromatic carbocycles. The minimum Gasteiger partial charge on any atom is -0.350 e. The van der Waals surface area contributed by atoms with Gasteiger partial charge in [0.2, 0.25) is 5.91 Å². The molecule has 0 aliphatic heterocycles. The summed E-state index contributed by atoms with van der Waals surface area (Å²) in [6.45, 7) is 4.03. The number of carbonyl (C=O) groups excluding carboxylic acids is 1. The van der Waals surface area contributed by atoms with Gasteiger partial charge in [0.15, 0.2) is 0 Å². The van der Waals surface area contributed by atoms with Crippen molar-refractivity contribution in [2.24, 2.45) is 5.73 Å². The van der Waals surface area contributed by atoms with Crippen LogP contribution in [-0.2, 0) is 4.79 Å². The van der Waals surface area contributed by atoms with Gasteiger partial charge in [-0.15, -0.1) is 0 Å². The molecule has 0 aliphatic carbocycles. The number of hydrogen-bond donors (Lipinski definition) is 2. The minimum atomic E-state index is -0.268. The quantitative estimate of drug-likeness (QED) is 0.884. The molecular weight excluding hydrogens is 260 g/mol. The van der Waals surface area contributed by atoms with Crippen LogP contribution in [0.2, 0.25) is 0 Å². The molecule has 2 aromatic rings. The summed E-state index contributed by atoms with van der Waals surface area (Å²) in [5.41, 5.74) is 9.35. The molecule has 21 heavy (non-hydrogen) atoms. The van der Waals surface area contributed by atoms with Crippen molar-refractivity contribution in [3.8, 4) is 0 Å². The van der Waals surface area contributed by atoms with Crippen molar-refractivity contribution in [3.05, 3.63) is 71.3 Å². The zero-order valence-corrected chi connectivity index (χ0v) is 12.5. The predicted molar refractivity (Wildman–Crippen MR) is 85.7 cm³/mol. The SMILES string of the molecule is Cc1cccc([C@H](C)NC(=O)CC(N)c2ccccc2)c1. The number of nitrogens with two attached hydrogens (primary N) is 1. The maximum atomic E-state index is 12.1. The van der Waals surface area contributed by atoms with E-state index >= 15 is 0 Å². The number of benzene rings is 2. The largest absolute Gasteiger partial charge is 0.350 e. The lowest BCUT2D eigenvalue weighted by Crippen LogP contribution is -2.29. The predicted octanol–water partition coefficient (Wildman–Crippen LogP) is 3.26. The molecule has 0 spiro atoms. The second kappa shape index (κ2) is 7.04. The first-order chi connectivity index (χ1) is 10.1. The first-order valence-corrected chi connectivity index (χ1v) is 7.22. The highest BCUT2D eigenvalue weighted by Crippen LogP contribution is 2.16. The van der Waals surface area contributed by atoms with E-state index in [-0.39, 0.29) is 18.0 Å². The molecule has 2 rings (SSSR count). The van der Waals surface area contributed by atoms with Crippen LogP contribution < -0.4 is 11.1 Å². The van der Waals surface area contributed by atoms with E-state index in [1.807, 2.05) is 62.4 Å². The molecule has 0 bridgehead atoms. The van der Waals surface area contributed by atoms with Gasteiger partial charge in [-0.2, -0.15) is 0 Å². The highest BCUT2D eigenvalue weighted by atomic mass is 16.1. The van der Waals surface area contributed by atoms with E-state index in [1.165, 1.54) is 5.56 Å². The van der Waals surface area contributed by atoms with Gasteiger partial charge in [0, 0.05) is 12.5 Å². The molecule has 3 N–H and O–H groups in total. The Morgan fingerprint density at radius 1 is 1.10 bits per heavy atom. The summed E-state index contributed by atoms with van der Waals surface area (Å²) in [6.07, 6.45) is 0.292. The number of rotatable bonds is 5. The fourth-order valence-corrected chi connectivity index (χ4v) is 2.34. The number of nitrogens with one attached hydrogen (secondary N) is 1. The van der Waals surface area contributed by atoms with Gasteiger partial charge in [-0.25, -0.2) is 0 Å². The first kappa shape index (κ1) is 15.3. The number of aryl methyl sites for hydroxylation is 1. The van der Waals surface area contributed by atoms with Crippen LogP contribution in [0.25, 0.3) is 0 Å². The molecule has 0 radical (unpaired) electrons. The average Bonchev–Trinajstić information content (AvgIpc) is 2.48. The Kier molecular flexibility index (Phi) is 5.12. The fourth-order valence-electron chi connectivity index (χ4n) is 2.34. The van der Waals surface area contributed by atoms with Crippen molar-refractivity contribution < 1.29 is 4.79 Å². The molecule has 0 saturated heterocycles. The highest BCUT2D eigenvalue weighted by Gasteiger charge is 2.14. The molecule has 0 aliphatic rings. The third kappa shape index (κ3) is 4.43. The van der Waals surface area contributed by atoms with Crippen LogP contribution in [0.1, 0.15) is 42.1 Å². The van der Waals surface area contributed by atoms with Gasteiger partial charge in [-0.1, -0.05) is 60.2 Å². The van der Waals surface area contributed by atoms with Gasteiger partial charge < -0.3 is 11.1 Å². The molecule has 3 nitrogen and oxygen atoms in total. The van der Waals surface area contributed by atoms with E-state index in [4.69, 9.17) is 5.73 Å². The molecular formula is C18H22N2O. The van der Waals surface area contributed by atoms with Crippen molar-refractivity contribution in [1.82, 2.24) is 5.32 Å². The van der Waals surface area contributed by atoms with Crippen molar-refractivity contribution >= 4 is 5.91 Å². The van der Waals surface area contributed by atoms with Crippen LogP contribution in [0, 0.1) is 6.92 Å². The van der Waals surface area contributed by atoms with Gasteiger partial charge in [-0.3, -0.25) is 4.79 Å². The van der Waals surface area contributed by atoms with Crippen LogP contribution >= 0.6 is 0 Å². The number of amides is 1.